The largest absolute Gasteiger partial charge is 0.378 e. The quantitative estimate of drug-likeness (QED) is 0.273. The van der Waals surface area contributed by atoms with Crippen LogP contribution in [0.25, 0.3) is 28.0 Å². The fraction of sp³-hybridized carbons (Fsp3) is 0.314. The number of imidazole rings is 1. The van der Waals surface area contributed by atoms with E-state index in [2.05, 4.69) is 74.6 Å². The molecule has 5 heterocycles. The molecule has 0 bridgehead atoms. The van der Waals surface area contributed by atoms with E-state index in [-0.39, 0.29) is 23.8 Å². The van der Waals surface area contributed by atoms with Crippen molar-refractivity contribution >= 4 is 34.9 Å². The summed E-state index contributed by atoms with van der Waals surface area (Å²) in [5, 5.41) is 3.02. The molecule has 240 valence electrons. The molecule has 2 amide bonds. The number of amides is 2. The average molecular weight is 632 g/mol. The minimum absolute atomic E-state index is 0.0811. The second-order valence-electron chi connectivity index (χ2n) is 12.1. The molecule has 12 nitrogen and oxygen atoms in total. The predicted molar refractivity (Wildman–Crippen MR) is 180 cm³/mol. The molecule has 2 aliphatic rings. The van der Waals surface area contributed by atoms with Gasteiger partial charge in [-0.15, -0.1) is 0 Å². The van der Waals surface area contributed by atoms with Gasteiger partial charge < -0.3 is 30.0 Å². The molecule has 1 atom stereocenters. The lowest BCUT2D eigenvalue weighted by atomic mass is 9.93. The van der Waals surface area contributed by atoms with Crippen molar-refractivity contribution in [3.8, 4) is 22.4 Å². The van der Waals surface area contributed by atoms with Gasteiger partial charge in [0.15, 0.2) is 11.5 Å². The van der Waals surface area contributed by atoms with Crippen LogP contribution in [0.3, 0.4) is 0 Å². The monoisotopic (exact) mass is 631 g/mol. The Labute approximate surface area is 272 Å². The number of aromatic nitrogens is 5. The molecule has 47 heavy (non-hydrogen) atoms. The van der Waals surface area contributed by atoms with Gasteiger partial charge in [0.1, 0.15) is 5.69 Å². The highest BCUT2D eigenvalue weighted by Gasteiger charge is 2.26. The molecule has 0 saturated carbocycles. The van der Waals surface area contributed by atoms with Crippen molar-refractivity contribution in [1.29, 1.82) is 0 Å². The Morgan fingerprint density at radius 2 is 1.72 bits per heavy atom. The molecule has 5 aromatic rings. The van der Waals surface area contributed by atoms with Gasteiger partial charge in [0, 0.05) is 68.6 Å². The zero-order valence-corrected chi connectivity index (χ0v) is 26.5. The zero-order chi connectivity index (χ0) is 32.5. The van der Waals surface area contributed by atoms with Gasteiger partial charge in [-0.05, 0) is 60.6 Å². The average Bonchev–Trinajstić information content (AvgIpc) is 3.53. The fourth-order valence-corrected chi connectivity index (χ4v) is 6.37. The summed E-state index contributed by atoms with van der Waals surface area (Å²) in [5.41, 5.74) is 13.5. The Bertz CT molecular complexity index is 1930. The first kappa shape index (κ1) is 30.3. The van der Waals surface area contributed by atoms with Gasteiger partial charge in [-0.3, -0.25) is 9.59 Å². The third kappa shape index (κ3) is 6.24. The molecule has 7 rings (SSSR count). The molecule has 1 saturated heterocycles. The van der Waals surface area contributed by atoms with Gasteiger partial charge in [-0.2, -0.15) is 0 Å². The van der Waals surface area contributed by atoms with Crippen LogP contribution >= 0.6 is 0 Å². The molecular weight excluding hydrogens is 594 g/mol. The highest BCUT2D eigenvalue weighted by atomic mass is 16.5. The fourth-order valence-electron chi connectivity index (χ4n) is 6.37. The predicted octanol–water partition coefficient (Wildman–Crippen LogP) is 3.93. The molecule has 1 fully saturated rings. The van der Waals surface area contributed by atoms with Crippen LogP contribution in [0.1, 0.15) is 41.9 Å². The SMILES string of the molecule is CC(=O)N1c2ccc(-c3ccc(CCNC(=O)c4cn5cc(-c6cnc(N)nc6)nc(N6CCOCC6)c5n4)cc3)cc2CC[C@@H]1C. The molecular formula is C35H37N9O3. The number of nitrogens with zero attached hydrogens (tertiary/aromatic N) is 7. The summed E-state index contributed by atoms with van der Waals surface area (Å²) in [4.78, 5) is 47.3. The normalized spacial score (nSPS) is 16.3. The molecule has 3 aromatic heterocycles. The van der Waals surface area contributed by atoms with Crippen molar-refractivity contribution in [2.45, 2.75) is 39.2 Å². The first-order valence-electron chi connectivity index (χ1n) is 15.9. The van der Waals surface area contributed by atoms with Crippen LogP contribution in [-0.2, 0) is 22.4 Å². The maximum Gasteiger partial charge on any atom is 0.271 e. The zero-order valence-electron chi connectivity index (χ0n) is 26.5. The number of nitrogens with two attached hydrogens (primary N) is 1. The summed E-state index contributed by atoms with van der Waals surface area (Å²) >= 11 is 0. The summed E-state index contributed by atoms with van der Waals surface area (Å²) < 4.78 is 7.37. The number of aryl methyl sites for hydroxylation is 1. The molecule has 12 heteroatoms. The van der Waals surface area contributed by atoms with Crippen LogP contribution in [0.5, 0.6) is 0 Å². The summed E-state index contributed by atoms with van der Waals surface area (Å²) in [6, 6.07) is 15.0. The molecule has 0 unspecified atom stereocenters. The Morgan fingerprint density at radius 1 is 0.979 bits per heavy atom. The minimum atomic E-state index is -0.251. The summed E-state index contributed by atoms with van der Waals surface area (Å²) in [6.07, 6.45) is 9.41. The second kappa shape index (κ2) is 12.8. The number of morpholine rings is 1. The number of anilines is 3. The maximum atomic E-state index is 13.2. The number of hydrogen-bond acceptors (Lipinski definition) is 9. The number of hydrogen-bond donors (Lipinski definition) is 2. The van der Waals surface area contributed by atoms with Crippen molar-refractivity contribution in [2.75, 3.05) is 48.4 Å². The van der Waals surface area contributed by atoms with Crippen molar-refractivity contribution in [1.82, 2.24) is 29.7 Å². The number of nitrogen functional groups attached to an aromatic ring is 1. The molecule has 0 radical (unpaired) electrons. The first-order chi connectivity index (χ1) is 22.8. The molecule has 0 aliphatic carbocycles. The van der Waals surface area contributed by atoms with Gasteiger partial charge >= 0.3 is 0 Å². The van der Waals surface area contributed by atoms with E-state index in [0.29, 0.717) is 67.7 Å². The Morgan fingerprint density at radius 3 is 2.47 bits per heavy atom. The number of carbonyl (C=O) groups is 2. The van der Waals surface area contributed by atoms with Crippen LogP contribution in [0.15, 0.2) is 67.3 Å². The van der Waals surface area contributed by atoms with E-state index >= 15 is 0 Å². The lowest BCUT2D eigenvalue weighted by molar-refractivity contribution is -0.117. The van der Waals surface area contributed by atoms with Crippen LogP contribution in [0.4, 0.5) is 17.5 Å². The van der Waals surface area contributed by atoms with Gasteiger partial charge in [-0.1, -0.05) is 30.3 Å². The van der Waals surface area contributed by atoms with Gasteiger partial charge in [0.05, 0.1) is 18.9 Å². The van der Waals surface area contributed by atoms with Gasteiger partial charge in [0.25, 0.3) is 5.91 Å². The van der Waals surface area contributed by atoms with E-state index in [1.807, 2.05) is 15.5 Å². The van der Waals surface area contributed by atoms with E-state index in [0.717, 1.165) is 35.2 Å². The Balaban J connectivity index is 1.03. The van der Waals surface area contributed by atoms with Crippen LogP contribution < -0.4 is 20.9 Å². The number of ether oxygens (including phenoxy) is 1. The number of fused-ring (bicyclic) bond motifs is 2. The topological polar surface area (TPSA) is 144 Å². The van der Waals surface area contributed by atoms with Crippen LogP contribution in [0, 0.1) is 0 Å². The molecule has 3 N–H and O–H groups in total. The number of benzene rings is 2. The van der Waals surface area contributed by atoms with E-state index in [9.17, 15) is 9.59 Å². The molecule has 2 aromatic carbocycles. The number of nitrogens with one attached hydrogen (secondary N) is 1. The van der Waals surface area contributed by atoms with Gasteiger partial charge in [-0.25, -0.2) is 19.9 Å². The lowest BCUT2D eigenvalue weighted by Crippen LogP contribution is -2.40. The van der Waals surface area contributed by atoms with Gasteiger partial charge in [0.2, 0.25) is 11.9 Å². The van der Waals surface area contributed by atoms with Crippen molar-refractivity contribution in [3.05, 3.63) is 84.1 Å². The van der Waals surface area contributed by atoms with E-state index in [4.69, 9.17) is 15.5 Å². The summed E-state index contributed by atoms with van der Waals surface area (Å²) in [6.45, 7) is 6.71. The summed E-state index contributed by atoms with van der Waals surface area (Å²) in [7, 11) is 0. The number of rotatable bonds is 7. The van der Waals surface area contributed by atoms with Crippen LogP contribution in [-0.4, -0.2) is 75.0 Å². The third-order valence-electron chi connectivity index (χ3n) is 8.87. The molecule has 0 spiro atoms. The maximum absolute atomic E-state index is 13.2. The van der Waals surface area contributed by atoms with E-state index in [1.54, 1.807) is 25.5 Å². The molecule has 2 aliphatic heterocycles. The van der Waals surface area contributed by atoms with Crippen molar-refractivity contribution in [2.24, 2.45) is 0 Å². The first-order valence-corrected chi connectivity index (χ1v) is 15.9. The number of carbonyl (C=O) groups excluding carboxylic acids is 2. The highest BCUT2D eigenvalue weighted by Crippen LogP contribution is 2.34. The standard InChI is InChI=1S/C35H37N9O3/c1-22-3-6-27-17-26(9-10-31(27)44(22)23(2)45)25-7-4-24(5-8-25)11-12-37-34(46)30-21-43-20-29(28-18-38-35(36)39-19-28)40-32(33(43)41-30)42-13-15-47-16-14-42/h4-5,7-10,17-22H,3,6,11-16H2,1-2H3,(H,37,46)(H2,36,38,39)/t22-/m0/s1. The smallest absolute Gasteiger partial charge is 0.271 e. The van der Waals surface area contributed by atoms with E-state index < -0.39 is 0 Å². The van der Waals surface area contributed by atoms with Crippen LogP contribution in [0.2, 0.25) is 0 Å². The second-order valence-corrected chi connectivity index (χ2v) is 12.1. The minimum Gasteiger partial charge on any atom is -0.378 e. The third-order valence-corrected chi connectivity index (χ3v) is 8.87. The van der Waals surface area contributed by atoms with Crippen molar-refractivity contribution < 1.29 is 14.3 Å². The Kier molecular flexibility index (Phi) is 8.25. The summed E-state index contributed by atoms with van der Waals surface area (Å²) in [5.74, 6) is 0.691. The lowest BCUT2D eigenvalue weighted by Gasteiger charge is -2.34. The Hall–Kier alpha value is -5.36. The highest BCUT2D eigenvalue weighted by molar-refractivity contribution is 5.94. The van der Waals surface area contributed by atoms with E-state index in [1.165, 1.54) is 5.56 Å². The van der Waals surface area contributed by atoms with Crippen molar-refractivity contribution in [3.63, 3.8) is 0 Å².